The topological polar surface area (TPSA) is 82.4 Å². The van der Waals surface area contributed by atoms with E-state index in [-0.39, 0.29) is 17.2 Å². The Morgan fingerprint density at radius 2 is 2.10 bits per heavy atom. The highest BCUT2D eigenvalue weighted by atomic mass is 32.2. The Morgan fingerprint density at radius 1 is 1.30 bits per heavy atom. The van der Waals surface area contributed by atoms with E-state index in [2.05, 4.69) is 10.3 Å². The molecule has 0 radical (unpaired) electrons. The number of aryl methyl sites for hydroxylation is 2. The zero-order valence-electron chi connectivity index (χ0n) is 17.5. The van der Waals surface area contributed by atoms with Crippen LogP contribution in [0.4, 0.5) is 0 Å². The number of hydrogen-bond donors (Lipinski definition) is 1. The number of amides is 1. The quantitative estimate of drug-likeness (QED) is 0.401. The predicted molar refractivity (Wildman–Crippen MR) is 121 cm³/mol. The number of fused-ring (bicyclic) bond motifs is 1. The van der Waals surface area contributed by atoms with Crippen LogP contribution in [0, 0.1) is 13.8 Å². The molecule has 0 unspecified atom stereocenters. The van der Waals surface area contributed by atoms with E-state index in [4.69, 9.17) is 9.47 Å². The van der Waals surface area contributed by atoms with Gasteiger partial charge in [0.2, 0.25) is 5.91 Å². The van der Waals surface area contributed by atoms with Crippen molar-refractivity contribution in [2.24, 2.45) is 0 Å². The summed E-state index contributed by atoms with van der Waals surface area (Å²) in [6.07, 6.45) is 0. The number of carbonyl (C=O) groups is 1. The van der Waals surface area contributed by atoms with Crippen molar-refractivity contribution in [3.8, 4) is 5.75 Å². The average molecular weight is 448 g/mol. The van der Waals surface area contributed by atoms with E-state index in [0.29, 0.717) is 35.1 Å². The summed E-state index contributed by atoms with van der Waals surface area (Å²) in [4.78, 5) is 31.9. The van der Waals surface area contributed by atoms with E-state index >= 15 is 0 Å². The molecule has 1 N–H and O–H groups in total. The number of nitrogens with one attached hydrogen (secondary N) is 1. The van der Waals surface area contributed by atoms with Crippen LogP contribution in [-0.2, 0) is 22.6 Å². The maximum Gasteiger partial charge on any atom is 0.263 e. The highest BCUT2D eigenvalue weighted by molar-refractivity contribution is 7.99. The first kappa shape index (κ1) is 22.3. The van der Waals surface area contributed by atoms with Crippen LogP contribution >= 0.6 is 23.1 Å². The molecule has 160 valence electrons. The monoisotopic (exact) mass is 447 g/mol. The molecular weight excluding hydrogens is 422 g/mol. The van der Waals surface area contributed by atoms with Gasteiger partial charge in [0.15, 0.2) is 5.16 Å². The van der Waals surface area contributed by atoms with Gasteiger partial charge in [-0.1, -0.05) is 23.9 Å². The van der Waals surface area contributed by atoms with Gasteiger partial charge in [0, 0.05) is 18.5 Å². The number of aromatic nitrogens is 2. The number of benzene rings is 1. The molecule has 0 spiro atoms. The van der Waals surface area contributed by atoms with Crippen LogP contribution in [-0.4, -0.2) is 42.0 Å². The van der Waals surface area contributed by atoms with Crippen LogP contribution in [0.3, 0.4) is 0 Å². The molecule has 1 aromatic carbocycles. The second-order valence-electron chi connectivity index (χ2n) is 6.72. The predicted octanol–water partition coefficient (Wildman–Crippen LogP) is 3.14. The average Bonchev–Trinajstić information content (AvgIpc) is 3.04. The van der Waals surface area contributed by atoms with Gasteiger partial charge in [-0.15, -0.1) is 11.3 Å². The summed E-state index contributed by atoms with van der Waals surface area (Å²) in [6, 6.07) is 7.55. The lowest BCUT2D eigenvalue weighted by Crippen LogP contribution is -2.27. The van der Waals surface area contributed by atoms with Gasteiger partial charge in [0.1, 0.15) is 10.6 Å². The number of nitrogens with zero attached hydrogens (tertiary/aromatic N) is 2. The van der Waals surface area contributed by atoms with E-state index in [1.54, 1.807) is 18.8 Å². The van der Waals surface area contributed by atoms with E-state index < -0.39 is 0 Å². The van der Waals surface area contributed by atoms with Crippen molar-refractivity contribution in [1.82, 2.24) is 14.9 Å². The maximum atomic E-state index is 13.1. The first-order valence-corrected chi connectivity index (χ1v) is 11.3. The van der Waals surface area contributed by atoms with Crippen molar-refractivity contribution >= 4 is 39.2 Å². The van der Waals surface area contributed by atoms with Gasteiger partial charge in [-0.2, -0.15) is 0 Å². The Balaban J connectivity index is 1.73. The minimum absolute atomic E-state index is 0.0850. The van der Waals surface area contributed by atoms with Crippen LogP contribution in [0.1, 0.15) is 16.0 Å². The van der Waals surface area contributed by atoms with E-state index in [9.17, 15) is 9.59 Å². The standard InChI is InChI=1S/C21H25N3O4S2/c1-13-14(2)30-19-18(13)20(26)24(8-9-27-3)21(23-19)29-12-17(25)22-11-15-6-5-7-16(10-15)28-4/h5-7,10H,8-9,11-12H2,1-4H3,(H,22,25). The molecular formula is C21H25N3O4S2. The first-order chi connectivity index (χ1) is 14.4. The fourth-order valence-corrected chi connectivity index (χ4v) is 4.89. The molecule has 0 saturated heterocycles. The SMILES string of the molecule is COCCn1c(SCC(=O)NCc2cccc(OC)c2)nc2sc(C)c(C)c2c1=O. The number of rotatable bonds is 9. The lowest BCUT2D eigenvalue weighted by molar-refractivity contribution is -0.118. The third-order valence-electron chi connectivity index (χ3n) is 4.73. The number of methoxy groups -OCH3 is 2. The van der Waals surface area contributed by atoms with E-state index in [0.717, 1.165) is 21.8 Å². The van der Waals surface area contributed by atoms with Gasteiger partial charge in [0.25, 0.3) is 5.56 Å². The second-order valence-corrected chi connectivity index (χ2v) is 8.87. The third-order valence-corrected chi connectivity index (χ3v) is 6.81. The summed E-state index contributed by atoms with van der Waals surface area (Å²) in [5.74, 6) is 0.782. The Morgan fingerprint density at radius 3 is 2.83 bits per heavy atom. The molecule has 0 atom stereocenters. The zero-order valence-corrected chi connectivity index (χ0v) is 19.1. The van der Waals surface area contributed by atoms with Gasteiger partial charge >= 0.3 is 0 Å². The second kappa shape index (κ2) is 10.1. The largest absolute Gasteiger partial charge is 0.497 e. The van der Waals surface area contributed by atoms with E-state index in [1.807, 2.05) is 38.1 Å². The van der Waals surface area contributed by atoms with Gasteiger partial charge in [-0.3, -0.25) is 14.2 Å². The van der Waals surface area contributed by atoms with Crippen molar-refractivity contribution in [1.29, 1.82) is 0 Å². The van der Waals surface area contributed by atoms with Crippen LogP contribution in [0.15, 0.2) is 34.2 Å². The molecule has 9 heteroatoms. The molecule has 3 aromatic rings. The molecule has 2 aromatic heterocycles. The summed E-state index contributed by atoms with van der Waals surface area (Å²) >= 11 is 2.76. The van der Waals surface area contributed by atoms with Crippen molar-refractivity contribution < 1.29 is 14.3 Å². The highest BCUT2D eigenvalue weighted by Crippen LogP contribution is 2.28. The molecule has 0 fully saturated rings. The van der Waals surface area contributed by atoms with E-state index in [1.165, 1.54) is 23.1 Å². The molecule has 0 saturated carbocycles. The number of carbonyl (C=O) groups excluding carboxylic acids is 1. The van der Waals surface area contributed by atoms with Crippen LogP contribution < -0.4 is 15.6 Å². The molecule has 30 heavy (non-hydrogen) atoms. The number of ether oxygens (including phenoxy) is 2. The minimum atomic E-state index is -0.131. The summed E-state index contributed by atoms with van der Waals surface area (Å²) in [5.41, 5.74) is 1.83. The van der Waals surface area contributed by atoms with Crippen LogP contribution in [0.5, 0.6) is 5.75 Å². The molecule has 0 aliphatic rings. The minimum Gasteiger partial charge on any atom is -0.497 e. The Bertz CT molecular complexity index is 1110. The lowest BCUT2D eigenvalue weighted by Gasteiger charge is -2.12. The molecule has 0 bridgehead atoms. The van der Waals surface area contributed by atoms with Gasteiger partial charge in [-0.05, 0) is 37.1 Å². The first-order valence-electron chi connectivity index (χ1n) is 9.46. The smallest absolute Gasteiger partial charge is 0.263 e. The molecule has 0 aliphatic carbocycles. The Hall–Kier alpha value is -2.36. The molecule has 0 aliphatic heterocycles. The number of thiophene rings is 1. The fraction of sp³-hybridized carbons (Fsp3) is 0.381. The van der Waals surface area contributed by atoms with Gasteiger partial charge in [-0.25, -0.2) is 4.98 Å². The number of thioether (sulfide) groups is 1. The summed E-state index contributed by atoms with van der Waals surface area (Å²) in [5, 5.41) is 4.08. The van der Waals surface area contributed by atoms with Gasteiger partial charge in [0.05, 0.1) is 31.4 Å². The zero-order chi connectivity index (χ0) is 21.7. The van der Waals surface area contributed by atoms with Gasteiger partial charge < -0.3 is 14.8 Å². The highest BCUT2D eigenvalue weighted by Gasteiger charge is 2.17. The van der Waals surface area contributed by atoms with Crippen LogP contribution in [0.2, 0.25) is 0 Å². The summed E-state index contributed by atoms with van der Waals surface area (Å²) in [6.45, 7) is 5.12. The molecule has 7 nitrogen and oxygen atoms in total. The maximum absolute atomic E-state index is 13.1. The van der Waals surface area contributed by atoms with Crippen molar-refractivity contribution in [3.63, 3.8) is 0 Å². The third kappa shape index (κ3) is 5.03. The normalized spacial score (nSPS) is 11.1. The van der Waals surface area contributed by atoms with Crippen molar-refractivity contribution in [2.45, 2.75) is 32.1 Å². The Kier molecular flexibility index (Phi) is 7.52. The van der Waals surface area contributed by atoms with Crippen molar-refractivity contribution in [2.75, 3.05) is 26.6 Å². The van der Waals surface area contributed by atoms with Crippen LogP contribution in [0.25, 0.3) is 10.2 Å². The number of hydrogen-bond acceptors (Lipinski definition) is 7. The lowest BCUT2D eigenvalue weighted by atomic mass is 10.2. The molecule has 3 rings (SSSR count). The molecule has 1 amide bonds. The fourth-order valence-electron chi connectivity index (χ4n) is 2.96. The summed E-state index contributed by atoms with van der Waals surface area (Å²) in [7, 11) is 3.20. The summed E-state index contributed by atoms with van der Waals surface area (Å²) < 4.78 is 12.0. The Labute approximate surface area is 183 Å². The van der Waals surface area contributed by atoms with Crippen molar-refractivity contribution in [3.05, 3.63) is 50.6 Å². The molecule has 2 heterocycles.